The Balaban J connectivity index is 1.44. The molecule has 2 aromatic carbocycles. The summed E-state index contributed by atoms with van der Waals surface area (Å²) >= 11 is 0. The standard InChI is InChI=1S/C30H24N8O/c1-19(35-30(39)26-28(31)33-18-38-14-13-32-29(26)38)27-24(21-7-4-3-5-8-21)15-23-22(9-6-10-25(23)36-27)12-11-20-16-34-37(2)17-20/h3-10,13-19H,31H2,1-2H3,(H,35,39). The molecule has 9 nitrogen and oxygen atoms in total. The number of anilines is 1. The Morgan fingerprint density at radius 3 is 2.72 bits per heavy atom. The molecule has 1 atom stereocenters. The van der Waals surface area contributed by atoms with Crippen LogP contribution in [0.4, 0.5) is 5.82 Å². The second-order valence-corrected chi connectivity index (χ2v) is 9.17. The van der Waals surface area contributed by atoms with Crippen molar-refractivity contribution >= 4 is 28.3 Å². The minimum atomic E-state index is -0.447. The molecule has 0 bridgehead atoms. The number of hydrogen-bond donors (Lipinski definition) is 2. The number of hydrogen-bond acceptors (Lipinski definition) is 6. The lowest BCUT2D eigenvalue weighted by Gasteiger charge is -2.19. The fourth-order valence-corrected chi connectivity index (χ4v) is 4.58. The number of imidazole rings is 1. The van der Waals surface area contributed by atoms with Crippen molar-refractivity contribution in [3.8, 4) is 23.0 Å². The molecule has 6 rings (SSSR count). The van der Waals surface area contributed by atoms with Gasteiger partial charge < -0.3 is 11.1 Å². The molecular weight excluding hydrogens is 488 g/mol. The van der Waals surface area contributed by atoms with Crippen LogP contribution in [0.25, 0.3) is 27.7 Å². The summed E-state index contributed by atoms with van der Waals surface area (Å²) in [7, 11) is 1.86. The van der Waals surface area contributed by atoms with Gasteiger partial charge in [-0.1, -0.05) is 48.2 Å². The first-order valence-corrected chi connectivity index (χ1v) is 12.4. The van der Waals surface area contributed by atoms with Gasteiger partial charge in [-0.2, -0.15) is 5.10 Å². The van der Waals surface area contributed by atoms with Crippen LogP contribution in [-0.2, 0) is 7.05 Å². The topological polar surface area (TPSA) is 116 Å². The quantitative estimate of drug-likeness (QED) is 0.343. The monoisotopic (exact) mass is 512 g/mol. The molecule has 1 amide bonds. The van der Waals surface area contributed by atoms with Gasteiger partial charge in [-0.25, -0.2) is 15.0 Å². The van der Waals surface area contributed by atoms with Gasteiger partial charge in [-0.3, -0.25) is 13.9 Å². The first-order chi connectivity index (χ1) is 19.0. The van der Waals surface area contributed by atoms with Gasteiger partial charge in [0, 0.05) is 42.2 Å². The molecule has 0 spiro atoms. The molecule has 0 aliphatic heterocycles. The van der Waals surface area contributed by atoms with E-state index < -0.39 is 6.04 Å². The Hall–Kier alpha value is -5.49. The number of rotatable bonds is 4. The number of nitrogens with two attached hydrogens (primary N) is 1. The third-order valence-electron chi connectivity index (χ3n) is 6.47. The van der Waals surface area contributed by atoms with Crippen LogP contribution in [0.15, 0.2) is 85.7 Å². The minimum absolute atomic E-state index is 0.116. The number of nitrogens with zero attached hydrogens (tertiary/aromatic N) is 6. The lowest BCUT2D eigenvalue weighted by Crippen LogP contribution is -2.29. The van der Waals surface area contributed by atoms with Gasteiger partial charge in [-0.05, 0) is 30.7 Å². The fraction of sp³-hybridized carbons (Fsp3) is 0.100. The van der Waals surface area contributed by atoms with E-state index in [1.165, 1.54) is 6.33 Å². The molecular formula is C30H24N8O. The third-order valence-corrected chi connectivity index (χ3v) is 6.47. The Morgan fingerprint density at radius 2 is 1.92 bits per heavy atom. The number of pyridine rings is 1. The molecule has 9 heteroatoms. The van der Waals surface area contributed by atoms with Crippen LogP contribution in [0.1, 0.15) is 40.1 Å². The molecule has 4 heterocycles. The molecule has 0 aliphatic carbocycles. The van der Waals surface area contributed by atoms with E-state index in [0.717, 1.165) is 38.9 Å². The van der Waals surface area contributed by atoms with Crippen LogP contribution in [0.2, 0.25) is 0 Å². The maximum atomic E-state index is 13.4. The largest absolute Gasteiger partial charge is 0.383 e. The molecule has 1 unspecified atom stereocenters. The summed E-state index contributed by atoms with van der Waals surface area (Å²) in [4.78, 5) is 26.9. The lowest BCUT2D eigenvalue weighted by atomic mass is 9.96. The van der Waals surface area contributed by atoms with Gasteiger partial charge in [-0.15, -0.1) is 0 Å². The van der Waals surface area contributed by atoms with Crippen LogP contribution in [0.5, 0.6) is 0 Å². The van der Waals surface area contributed by atoms with Crippen molar-refractivity contribution in [2.75, 3.05) is 5.73 Å². The molecule has 0 fully saturated rings. The average Bonchev–Trinajstić information content (AvgIpc) is 3.60. The number of carbonyl (C=O) groups is 1. The highest BCUT2D eigenvalue weighted by molar-refractivity contribution is 6.04. The predicted octanol–water partition coefficient (Wildman–Crippen LogP) is 4.15. The third kappa shape index (κ3) is 4.55. The Labute approximate surface area is 224 Å². The number of aryl methyl sites for hydroxylation is 1. The average molecular weight is 513 g/mol. The van der Waals surface area contributed by atoms with E-state index in [9.17, 15) is 4.79 Å². The van der Waals surface area contributed by atoms with Crippen molar-refractivity contribution < 1.29 is 4.79 Å². The highest BCUT2D eigenvalue weighted by Gasteiger charge is 2.22. The Kier molecular flexibility index (Phi) is 5.98. The zero-order chi connectivity index (χ0) is 26.9. The number of carbonyl (C=O) groups excluding carboxylic acids is 1. The molecule has 39 heavy (non-hydrogen) atoms. The summed E-state index contributed by atoms with van der Waals surface area (Å²) in [6.07, 6.45) is 8.46. The van der Waals surface area contributed by atoms with E-state index in [-0.39, 0.29) is 17.3 Å². The van der Waals surface area contributed by atoms with Gasteiger partial charge >= 0.3 is 0 Å². The van der Waals surface area contributed by atoms with Gasteiger partial charge in [0.25, 0.3) is 5.91 Å². The Bertz CT molecular complexity index is 1910. The number of amides is 1. The van der Waals surface area contributed by atoms with Crippen molar-refractivity contribution in [3.63, 3.8) is 0 Å². The van der Waals surface area contributed by atoms with Crippen LogP contribution < -0.4 is 11.1 Å². The Morgan fingerprint density at radius 1 is 1.08 bits per heavy atom. The van der Waals surface area contributed by atoms with Crippen molar-refractivity contribution in [1.82, 2.24) is 34.4 Å². The summed E-state index contributed by atoms with van der Waals surface area (Å²) in [6.45, 7) is 1.90. The zero-order valence-electron chi connectivity index (χ0n) is 21.3. The normalized spacial score (nSPS) is 11.7. The fourth-order valence-electron chi connectivity index (χ4n) is 4.58. The van der Waals surface area contributed by atoms with Crippen LogP contribution in [0, 0.1) is 11.8 Å². The maximum Gasteiger partial charge on any atom is 0.259 e. The summed E-state index contributed by atoms with van der Waals surface area (Å²) in [5.41, 5.74) is 11.8. The van der Waals surface area contributed by atoms with Crippen molar-refractivity contribution in [1.29, 1.82) is 0 Å². The molecule has 0 saturated heterocycles. The zero-order valence-corrected chi connectivity index (χ0v) is 21.3. The van der Waals surface area contributed by atoms with Gasteiger partial charge in [0.2, 0.25) is 0 Å². The molecule has 0 radical (unpaired) electrons. The van der Waals surface area contributed by atoms with Crippen molar-refractivity contribution in [2.24, 2.45) is 7.05 Å². The molecule has 0 saturated carbocycles. The predicted molar refractivity (Wildman–Crippen MR) is 150 cm³/mol. The van der Waals surface area contributed by atoms with Crippen LogP contribution in [0.3, 0.4) is 0 Å². The van der Waals surface area contributed by atoms with Gasteiger partial charge in [0.1, 0.15) is 17.7 Å². The van der Waals surface area contributed by atoms with Crippen LogP contribution in [-0.4, -0.2) is 35.0 Å². The van der Waals surface area contributed by atoms with Gasteiger partial charge in [0.15, 0.2) is 5.65 Å². The van der Waals surface area contributed by atoms with E-state index in [4.69, 9.17) is 10.7 Å². The number of nitrogens with one attached hydrogen (secondary N) is 1. The SMILES string of the molecule is CC(NC(=O)c1c(N)ncn2ccnc12)c1nc2cccc(C#Cc3cnn(C)c3)c2cc1-c1ccccc1. The number of benzene rings is 2. The van der Waals surface area contributed by atoms with Crippen molar-refractivity contribution in [3.05, 3.63) is 108 Å². The molecule has 190 valence electrons. The van der Waals surface area contributed by atoms with Gasteiger partial charge in [0.05, 0.1) is 29.0 Å². The highest BCUT2D eigenvalue weighted by atomic mass is 16.1. The summed E-state index contributed by atoms with van der Waals surface area (Å²) in [6, 6.07) is 17.5. The first kappa shape index (κ1) is 23.9. The number of aromatic nitrogens is 6. The summed E-state index contributed by atoms with van der Waals surface area (Å²) in [5.74, 6) is 6.21. The van der Waals surface area contributed by atoms with E-state index in [2.05, 4.69) is 38.3 Å². The van der Waals surface area contributed by atoms with Crippen molar-refractivity contribution in [2.45, 2.75) is 13.0 Å². The highest BCUT2D eigenvalue weighted by Crippen LogP contribution is 2.32. The van der Waals surface area contributed by atoms with E-state index >= 15 is 0 Å². The minimum Gasteiger partial charge on any atom is -0.383 e. The number of fused-ring (bicyclic) bond motifs is 2. The van der Waals surface area contributed by atoms with Crippen LogP contribution >= 0.6 is 0 Å². The second-order valence-electron chi connectivity index (χ2n) is 9.17. The maximum absolute atomic E-state index is 13.4. The first-order valence-electron chi connectivity index (χ1n) is 12.4. The summed E-state index contributed by atoms with van der Waals surface area (Å²) in [5, 5.41) is 8.17. The summed E-state index contributed by atoms with van der Waals surface area (Å²) < 4.78 is 3.38. The van der Waals surface area contributed by atoms with E-state index in [1.54, 1.807) is 27.7 Å². The van der Waals surface area contributed by atoms with E-state index in [0.29, 0.717) is 5.65 Å². The lowest BCUT2D eigenvalue weighted by molar-refractivity contribution is 0.0941. The molecule has 4 aromatic heterocycles. The molecule has 3 N–H and O–H groups in total. The number of nitrogen functional groups attached to an aromatic ring is 1. The molecule has 6 aromatic rings. The smallest absolute Gasteiger partial charge is 0.259 e. The molecule has 0 aliphatic rings. The second kappa shape index (κ2) is 9.76. The van der Waals surface area contributed by atoms with E-state index in [1.807, 2.05) is 68.7 Å².